The highest BCUT2D eigenvalue weighted by Gasteiger charge is 2.36. The van der Waals surface area contributed by atoms with Gasteiger partial charge in [-0.3, -0.25) is 9.69 Å². The lowest BCUT2D eigenvalue weighted by Crippen LogP contribution is -2.35. The smallest absolute Gasteiger partial charge is 0.247 e. The first-order valence-electron chi connectivity index (χ1n) is 8.27. The van der Waals surface area contributed by atoms with Crippen molar-refractivity contribution in [3.63, 3.8) is 0 Å². The van der Waals surface area contributed by atoms with E-state index < -0.39 is 6.23 Å². The van der Waals surface area contributed by atoms with Gasteiger partial charge in [-0.05, 0) is 46.5 Å². The van der Waals surface area contributed by atoms with Crippen molar-refractivity contribution in [3.8, 4) is 17.1 Å². The van der Waals surface area contributed by atoms with Gasteiger partial charge in [0, 0.05) is 12.5 Å². The maximum absolute atomic E-state index is 12.6. The predicted molar refractivity (Wildman–Crippen MR) is 110 cm³/mol. The predicted octanol–water partition coefficient (Wildman–Crippen LogP) is 4.29. The average molecular weight is 494 g/mol. The van der Waals surface area contributed by atoms with Crippen LogP contribution < -0.4 is 9.64 Å². The summed E-state index contributed by atoms with van der Waals surface area (Å²) in [4.78, 5) is 18.6. The van der Waals surface area contributed by atoms with Gasteiger partial charge >= 0.3 is 0 Å². The second kappa shape index (κ2) is 7.47. The highest BCUT2D eigenvalue weighted by atomic mass is 127. The number of rotatable bonds is 3. The Morgan fingerprint density at radius 1 is 1.26 bits per heavy atom. The highest BCUT2D eigenvalue weighted by Crippen LogP contribution is 2.43. The van der Waals surface area contributed by atoms with Crippen LogP contribution in [0.2, 0.25) is 0 Å². The van der Waals surface area contributed by atoms with Crippen LogP contribution in [0.25, 0.3) is 11.3 Å². The number of carbonyl (C=O) groups is 1. The molecule has 27 heavy (non-hydrogen) atoms. The van der Waals surface area contributed by atoms with E-state index in [0.717, 1.165) is 11.3 Å². The van der Waals surface area contributed by atoms with Gasteiger partial charge in [0.1, 0.15) is 0 Å². The molecule has 3 heterocycles. The maximum atomic E-state index is 12.6. The molecule has 7 nitrogen and oxygen atoms in total. The van der Waals surface area contributed by atoms with Crippen molar-refractivity contribution in [1.82, 2.24) is 15.2 Å². The molecule has 0 radical (unpaired) electrons. The first-order valence-corrected chi connectivity index (χ1v) is 10.3. The summed E-state index contributed by atoms with van der Waals surface area (Å²) < 4.78 is 12.7. The van der Waals surface area contributed by atoms with Crippen molar-refractivity contribution in [2.75, 3.05) is 10.7 Å². The minimum atomic E-state index is -0.787. The Morgan fingerprint density at radius 3 is 2.78 bits per heavy atom. The third kappa shape index (κ3) is 3.41. The Bertz CT molecular complexity index is 1010. The minimum absolute atomic E-state index is 0.178. The summed E-state index contributed by atoms with van der Waals surface area (Å²) >= 11 is 3.55. The van der Waals surface area contributed by atoms with Gasteiger partial charge in [-0.15, -0.1) is 10.2 Å². The molecule has 4 rings (SSSR count). The first kappa shape index (κ1) is 18.2. The number of hydrogen-bond acceptors (Lipinski definition) is 7. The number of benzene rings is 1. The van der Waals surface area contributed by atoms with E-state index in [0.29, 0.717) is 31.9 Å². The SMILES string of the molecule is CCSc1nnc2c(n1)O[C@H](c1ccc(I)o1)N(C(C)=O)c1ccccc1-2. The minimum Gasteiger partial charge on any atom is -0.449 e. The normalized spacial score (nSPS) is 15.5. The van der Waals surface area contributed by atoms with Crippen molar-refractivity contribution in [1.29, 1.82) is 0 Å². The summed E-state index contributed by atoms with van der Waals surface area (Å²) in [5.74, 6) is 1.48. The molecule has 0 N–H and O–H groups in total. The van der Waals surface area contributed by atoms with Crippen molar-refractivity contribution >= 4 is 45.9 Å². The molecule has 0 fully saturated rings. The number of fused-ring (bicyclic) bond motifs is 3. The van der Waals surface area contributed by atoms with Gasteiger partial charge in [-0.2, -0.15) is 4.98 Å². The molecule has 0 spiro atoms. The van der Waals surface area contributed by atoms with Crippen LogP contribution in [0.4, 0.5) is 5.69 Å². The van der Waals surface area contributed by atoms with Crippen LogP contribution in [0.3, 0.4) is 0 Å². The van der Waals surface area contributed by atoms with Crippen LogP contribution in [0.5, 0.6) is 5.88 Å². The van der Waals surface area contributed by atoms with E-state index in [1.54, 1.807) is 11.0 Å². The Kier molecular flexibility index (Phi) is 5.04. The standard InChI is InChI=1S/C18H15IN4O3S/c1-3-27-18-20-16-15(21-22-18)11-6-4-5-7-12(11)23(10(2)24)17(26-16)13-8-9-14(19)25-13/h4-9,17H,3H2,1-2H3/t17-/m1/s1. The molecule has 3 aromatic rings. The average Bonchev–Trinajstić information content (AvgIpc) is 3.02. The molecule has 1 aromatic carbocycles. The zero-order chi connectivity index (χ0) is 19.0. The number of anilines is 1. The van der Waals surface area contributed by atoms with E-state index >= 15 is 0 Å². The molecule has 1 atom stereocenters. The van der Waals surface area contributed by atoms with Crippen LogP contribution in [0.1, 0.15) is 25.8 Å². The van der Waals surface area contributed by atoms with E-state index in [1.807, 2.05) is 37.3 Å². The zero-order valence-electron chi connectivity index (χ0n) is 14.5. The van der Waals surface area contributed by atoms with Crippen LogP contribution in [-0.4, -0.2) is 26.8 Å². The fourth-order valence-corrected chi connectivity index (χ4v) is 3.83. The molecule has 138 valence electrons. The summed E-state index contributed by atoms with van der Waals surface area (Å²) in [5.41, 5.74) is 1.91. The summed E-state index contributed by atoms with van der Waals surface area (Å²) in [6.45, 7) is 3.51. The molecule has 0 saturated heterocycles. The maximum Gasteiger partial charge on any atom is 0.247 e. The largest absolute Gasteiger partial charge is 0.449 e. The van der Waals surface area contributed by atoms with Crippen molar-refractivity contribution in [2.45, 2.75) is 25.2 Å². The number of halogens is 1. The number of para-hydroxylation sites is 1. The third-order valence-corrected chi connectivity index (χ3v) is 5.26. The molecule has 0 saturated carbocycles. The van der Waals surface area contributed by atoms with Crippen molar-refractivity contribution in [3.05, 3.63) is 45.9 Å². The highest BCUT2D eigenvalue weighted by molar-refractivity contribution is 14.1. The second-order valence-corrected chi connectivity index (χ2v) is 7.99. The molecular weight excluding hydrogens is 479 g/mol. The Morgan fingerprint density at radius 2 is 2.07 bits per heavy atom. The van der Waals surface area contributed by atoms with Crippen LogP contribution in [-0.2, 0) is 4.79 Å². The Balaban J connectivity index is 1.94. The number of aromatic nitrogens is 3. The number of ether oxygens (including phenoxy) is 1. The van der Waals surface area contributed by atoms with Gasteiger partial charge in [0.15, 0.2) is 15.2 Å². The second-order valence-electron chi connectivity index (χ2n) is 5.70. The third-order valence-electron chi connectivity index (χ3n) is 3.96. The molecule has 9 heteroatoms. The Hall–Kier alpha value is -2.14. The van der Waals surface area contributed by atoms with Gasteiger partial charge in [-0.25, -0.2) is 0 Å². The van der Waals surface area contributed by atoms with E-state index in [1.165, 1.54) is 18.7 Å². The number of furan rings is 1. The van der Waals surface area contributed by atoms with E-state index in [9.17, 15) is 4.79 Å². The number of hydrogen-bond donors (Lipinski definition) is 0. The van der Waals surface area contributed by atoms with Gasteiger partial charge in [-0.1, -0.05) is 36.9 Å². The lowest BCUT2D eigenvalue weighted by Gasteiger charge is -2.28. The summed E-state index contributed by atoms with van der Waals surface area (Å²) in [7, 11) is 0. The summed E-state index contributed by atoms with van der Waals surface area (Å²) in [6.07, 6.45) is -0.787. The topological polar surface area (TPSA) is 81.3 Å². The lowest BCUT2D eigenvalue weighted by molar-refractivity contribution is -0.118. The molecule has 0 bridgehead atoms. The van der Waals surface area contributed by atoms with E-state index in [4.69, 9.17) is 9.15 Å². The van der Waals surface area contributed by atoms with Gasteiger partial charge in [0.05, 0.1) is 5.69 Å². The fourth-order valence-electron chi connectivity index (χ4n) is 2.89. The van der Waals surface area contributed by atoms with Gasteiger partial charge in [0.2, 0.25) is 23.2 Å². The van der Waals surface area contributed by atoms with Gasteiger partial charge < -0.3 is 9.15 Å². The quantitative estimate of drug-likeness (QED) is 0.397. The van der Waals surface area contributed by atoms with E-state index in [2.05, 4.69) is 37.8 Å². The fraction of sp³-hybridized carbons (Fsp3) is 0.222. The molecule has 2 aromatic heterocycles. The molecule has 1 amide bonds. The van der Waals surface area contributed by atoms with Crippen LogP contribution >= 0.6 is 34.4 Å². The number of thioether (sulfide) groups is 1. The monoisotopic (exact) mass is 494 g/mol. The summed E-state index contributed by atoms with van der Waals surface area (Å²) in [6, 6.07) is 11.1. The zero-order valence-corrected chi connectivity index (χ0v) is 17.5. The molecule has 0 aliphatic carbocycles. The van der Waals surface area contributed by atoms with Gasteiger partial charge in [0.25, 0.3) is 0 Å². The summed E-state index contributed by atoms with van der Waals surface area (Å²) in [5, 5.41) is 9.05. The van der Waals surface area contributed by atoms with Crippen LogP contribution in [0, 0.1) is 3.77 Å². The molecule has 0 unspecified atom stereocenters. The Labute approximate surface area is 173 Å². The lowest BCUT2D eigenvalue weighted by atomic mass is 10.1. The molecule has 1 aliphatic rings. The van der Waals surface area contributed by atoms with Crippen LogP contribution in [0.15, 0.2) is 46.0 Å². The van der Waals surface area contributed by atoms with Crippen molar-refractivity contribution < 1.29 is 13.9 Å². The first-order chi connectivity index (χ1) is 13.1. The molecule has 1 aliphatic heterocycles. The number of amides is 1. The number of carbonyl (C=O) groups excluding carboxylic acids is 1. The molecular formula is C18H15IN4O3S. The van der Waals surface area contributed by atoms with Crippen molar-refractivity contribution in [2.24, 2.45) is 0 Å². The van der Waals surface area contributed by atoms with E-state index in [-0.39, 0.29) is 5.91 Å². The number of nitrogens with zero attached hydrogens (tertiary/aromatic N) is 4.